The summed E-state index contributed by atoms with van der Waals surface area (Å²) in [7, 11) is 0. The number of carbonyl (C=O) groups excluding carboxylic acids is 1. The Hall–Kier alpha value is -0.640. The summed E-state index contributed by atoms with van der Waals surface area (Å²) < 4.78 is 11.1. The van der Waals surface area contributed by atoms with Crippen molar-refractivity contribution in [3.05, 3.63) is 0 Å². The molecule has 0 heterocycles. The number of rotatable bonds is 7. The Morgan fingerprint density at radius 3 is 2.00 bits per heavy atom. The van der Waals surface area contributed by atoms with Gasteiger partial charge in [-0.2, -0.15) is 0 Å². The first kappa shape index (κ1) is 18.7. The maximum atomic E-state index is 11.1. The predicted octanol–water partition coefficient (Wildman–Crippen LogP) is 3.94. The Morgan fingerprint density at radius 2 is 1.65 bits per heavy atom. The summed E-state index contributed by atoms with van der Waals surface area (Å²) in [6, 6.07) is 0. The van der Waals surface area contributed by atoms with Crippen LogP contribution >= 0.6 is 0 Å². The highest BCUT2D eigenvalue weighted by atomic mass is 19.3. The second-order valence-corrected chi connectivity index (χ2v) is 4.78. The van der Waals surface area contributed by atoms with Crippen LogP contribution in [0.1, 0.15) is 72.6 Å². The predicted molar refractivity (Wildman–Crippen MR) is 67.2 cm³/mol. The molecule has 0 saturated carbocycles. The van der Waals surface area contributed by atoms with Crippen molar-refractivity contribution in [3.8, 4) is 0 Å². The summed E-state index contributed by atoms with van der Waals surface area (Å²) in [5, 5.41) is 8.83. The number of aliphatic hydroxyl groups is 1. The van der Waals surface area contributed by atoms with Crippen molar-refractivity contribution in [2.45, 2.75) is 78.2 Å². The van der Waals surface area contributed by atoms with Gasteiger partial charge in [0.1, 0.15) is 0 Å². The maximum Gasteiger partial charge on any atom is 0.348 e. The average Bonchev–Trinajstić information content (AvgIpc) is 2.28. The van der Waals surface area contributed by atoms with Gasteiger partial charge < -0.3 is 5.11 Å². The lowest BCUT2D eigenvalue weighted by atomic mass is 10.1. The number of hydrogen-bond acceptors (Lipinski definition) is 3. The zero-order chi connectivity index (χ0) is 13.7. The highest BCUT2D eigenvalue weighted by Crippen LogP contribution is 2.05. The van der Waals surface area contributed by atoms with Crippen molar-refractivity contribution < 1.29 is 19.4 Å². The average molecular weight is 250 g/mol. The lowest BCUT2D eigenvalue weighted by Gasteiger charge is -2.11. The van der Waals surface area contributed by atoms with Crippen molar-refractivity contribution in [3.63, 3.8) is 0 Å². The van der Waals surface area contributed by atoms with Crippen molar-refractivity contribution in [2.24, 2.45) is 0 Å². The first-order chi connectivity index (χ1) is 7.87. The molecule has 0 fully saturated rings. The lowest BCUT2D eigenvalue weighted by Crippen LogP contribution is -2.15. The van der Waals surface area contributed by atoms with Crippen LogP contribution in [0.2, 0.25) is 0 Å². The van der Waals surface area contributed by atoms with E-state index >= 15 is 0 Å². The number of halogens is 1. The van der Waals surface area contributed by atoms with E-state index in [1.165, 1.54) is 12.8 Å². The molecule has 104 valence electrons. The molecule has 0 aromatic rings. The molecule has 0 amide bonds. The third kappa shape index (κ3) is 21.2. The van der Waals surface area contributed by atoms with Crippen LogP contribution < -0.4 is 0 Å². The lowest BCUT2D eigenvalue weighted by molar-refractivity contribution is -0.183. The topological polar surface area (TPSA) is 46.5 Å². The molecule has 3 nitrogen and oxygen atoms in total. The molecule has 17 heavy (non-hydrogen) atoms. The van der Waals surface area contributed by atoms with Crippen molar-refractivity contribution >= 4 is 5.97 Å². The Labute approximate surface area is 104 Å². The molecule has 0 atom stereocenters. The van der Waals surface area contributed by atoms with Crippen LogP contribution in [0.15, 0.2) is 0 Å². The number of hydrogen-bond donors (Lipinski definition) is 1. The highest BCUT2D eigenvalue weighted by molar-refractivity contribution is 5.68. The van der Waals surface area contributed by atoms with Gasteiger partial charge in [-0.25, -0.2) is 4.79 Å². The minimum absolute atomic E-state index is 0.209. The fourth-order valence-corrected chi connectivity index (χ4v) is 0.911. The van der Waals surface area contributed by atoms with Gasteiger partial charge in [0.05, 0.1) is 5.60 Å². The first-order valence-corrected chi connectivity index (χ1v) is 6.41. The Bertz CT molecular complexity index is 176. The summed E-state index contributed by atoms with van der Waals surface area (Å²) >= 11 is 0. The highest BCUT2D eigenvalue weighted by Gasteiger charge is 2.05. The molecule has 0 rings (SSSR count). The molecular weight excluding hydrogens is 223 g/mol. The van der Waals surface area contributed by atoms with Gasteiger partial charge in [0.25, 0.3) is 0 Å². The van der Waals surface area contributed by atoms with Gasteiger partial charge in [-0.1, -0.05) is 39.5 Å². The molecule has 4 heteroatoms. The van der Waals surface area contributed by atoms with Crippen LogP contribution in [-0.2, 0) is 9.74 Å². The van der Waals surface area contributed by atoms with Crippen LogP contribution in [0.3, 0.4) is 0 Å². The molecule has 0 saturated heterocycles. The number of carbonyl (C=O) groups is 1. The third-order valence-corrected chi connectivity index (χ3v) is 2.44. The van der Waals surface area contributed by atoms with Crippen LogP contribution in [0.4, 0.5) is 4.53 Å². The summed E-state index contributed by atoms with van der Waals surface area (Å²) in [5.41, 5.74) is -0.458. The largest absolute Gasteiger partial charge is 0.390 e. The molecule has 0 spiro atoms. The quantitative estimate of drug-likeness (QED) is 0.696. The number of unbranched alkanes of at least 4 members (excludes halogenated alkanes) is 4. The molecule has 0 bridgehead atoms. The van der Waals surface area contributed by atoms with Crippen LogP contribution in [-0.4, -0.2) is 16.7 Å². The minimum Gasteiger partial charge on any atom is -0.390 e. The Balaban J connectivity index is 0. The van der Waals surface area contributed by atoms with Gasteiger partial charge >= 0.3 is 5.97 Å². The van der Waals surface area contributed by atoms with Crippen LogP contribution in [0.25, 0.3) is 0 Å². The molecular formula is C13H27FO3. The van der Waals surface area contributed by atoms with E-state index in [2.05, 4.69) is 11.9 Å². The second kappa shape index (κ2) is 11.8. The third-order valence-electron chi connectivity index (χ3n) is 2.44. The molecule has 1 N–H and O–H groups in total. The van der Waals surface area contributed by atoms with E-state index in [4.69, 9.17) is 5.11 Å². The zero-order valence-corrected chi connectivity index (χ0v) is 11.6. The fourth-order valence-electron chi connectivity index (χ4n) is 0.911. The van der Waals surface area contributed by atoms with E-state index < -0.39 is 11.6 Å². The van der Waals surface area contributed by atoms with Crippen LogP contribution in [0, 0.1) is 0 Å². The smallest absolute Gasteiger partial charge is 0.348 e. The second-order valence-electron chi connectivity index (χ2n) is 4.78. The van der Waals surface area contributed by atoms with Gasteiger partial charge in [0.2, 0.25) is 0 Å². The molecule has 0 radical (unpaired) electrons. The van der Waals surface area contributed by atoms with Crippen LogP contribution in [0.5, 0.6) is 0 Å². The van der Waals surface area contributed by atoms with Gasteiger partial charge in [0.15, 0.2) is 0 Å². The van der Waals surface area contributed by atoms with E-state index in [-0.39, 0.29) is 6.42 Å². The molecule has 0 unspecified atom stereocenters. The van der Waals surface area contributed by atoms with Crippen molar-refractivity contribution in [2.75, 3.05) is 0 Å². The summed E-state index contributed by atoms with van der Waals surface area (Å²) in [4.78, 5) is 13.3. The minimum atomic E-state index is -0.749. The van der Waals surface area contributed by atoms with E-state index in [1.807, 2.05) is 6.92 Å². The van der Waals surface area contributed by atoms with E-state index in [1.54, 1.807) is 13.8 Å². The van der Waals surface area contributed by atoms with Gasteiger partial charge in [-0.15, -0.1) is 0 Å². The fraction of sp³-hybridized carbons (Fsp3) is 0.923. The standard InChI is InChI=1S/C8H15FO2.C5H12O/c1-2-3-4-5-6-7-8(10)11-9;1-4-5(2,3)6/h2-7H2,1H3;6H,4H2,1-3H3. The summed E-state index contributed by atoms with van der Waals surface area (Å²) in [6.45, 7) is 7.68. The maximum absolute atomic E-state index is 11.1. The van der Waals surface area contributed by atoms with E-state index in [0.717, 1.165) is 25.7 Å². The molecule has 0 aromatic carbocycles. The van der Waals surface area contributed by atoms with E-state index in [0.29, 0.717) is 0 Å². The van der Waals surface area contributed by atoms with E-state index in [9.17, 15) is 9.32 Å². The summed E-state index contributed by atoms with van der Waals surface area (Å²) in [5.74, 6) is -0.749. The van der Waals surface area contributed by atoms with Crippen molar-refractivity contribution in [1.82, 2.24) is 0 Å². The summed E-state index contributed by atoms with van der Waals surface area (Å²) in [6.07, 6.45) is 6.24. The van der Waals surface area contributed by atoms with Crippen molar-refractivity contribution in [1.29, 1.82) is 0 Å². The monoisotopic (exact) mass is 250 g/mol. The zero-order valence-electron chi connectivity index (χ0n) is 11.6. The normalized spacial score (nSPS) is 10.5. The molecule has 0 aliphatic carbocycles. The SMILES string of the molecule is CCC(C)(C)O.CCCCCCCC(=O)OF. The Kier molecular flexibility index (Phi) is 13.0. The molecule has 0 aliphatic heterocycles. The molecule has 0 aromatic heterocycles. The van der Waals surface area contributed by atoms with Gasteiger partial charge in [-0.3, -0.25) is 4.94 Å². The first-order valence-electron chi connectivity index (χ1n) is 6.41. The van der Waals surface area contributed by atoms with Gasteiger partial charge in [0, 0.05) is 10.9 Å². The van der Waals surface area contributed by atoms with Gasteiger partial charge in [-0.05, 0) is 26.7 Å². The Morgan fingerprint density at radius 1 is 1.18 bits per heavy atom. The molecule has 0 aliphatic rings.